The Hall–Kier alpha value is -4.85. The Labute approximate surface area is 257 Å². The zero-order chi connectivity index (χ0) is 30.8. The second-order valence-electron chi connectivity index (χ2n) is 9.54. The van der Waals surface area contributed by atoms with Crippen molar-refractivity contribution >= 4 is 29.4 Å². The molecule has 4 aromatic rings. The van der Waals surface area contributed by atoms with Gasteiger partial charge in [0.2, 0.25) is 23.8 Å². The number of hydrogen-bond donors (Lipinski definition) is 5. The number of ether oxygens (including phenoxy) is 3. The van der Waals surface area contributed by atoms with Crippen molar-refractivity contribution < 1.29 is 19.0 Å². The van der Waals surface area contributed by atoms with Gasteiger partial charge in [-0.05, 0) is 47.5 Å². The molecule has 0 radical (unpaired) electrons. The first-order valence-electron chi connectivity index (χ1n) is 14.4. The van der Waals surface area contributed by atoms with Gasteiger partial charge >= 0.3 is 0 Å². The SMILES string of the molecule is COc1ccc(CNc2nc(NCc3ccccn3)nc(Nc3ccc(CC(=O)NCCOCCOCCN)cc3)n2)cc1. The molecule has 232 valence electrons. The van der Waals surface area contributed by atoms with Crippen LogP contribution < -0.4 is 31.7 Å². The van der Waals surface area contributed by atoms with Crippen molar-refractivity contribution in [3.05, 3.63) is 89.7 Å². The highest BCUT2D eigenvalue weighted by molar-refractivity contribution is 5.78. The summed E-state index contributed by atoms with van der Waals surface area (Å²) in [7, 11) is 1.64. The van der Waals surface area contributed by atoms with E-state index in [1.165, 1.54) is 0 Å². The van der Waals surface area contributed by atoms with Crippen molar-refractivity contribution in [3.8, 4) is 5.75 Å². The second-order valence-corrected chi connectivity index (χ2v) is 9.54. The number of carbonyl (C=O) groups excluding carboxylic acids is 1. The monoisotopic (exact) mass is 601 g/mol. The molecule has 0 unspecified atom stereocenters. The van der Waals surface area contributed by atoms with Crippen molar-refractivity contribution in [3.63, 3.8) is 0 Å². The summed E-state index contributed by atoms with van der Waals surface area (Å²) in [5, 5.41) is 12.6. The Morgan fingerprint density at radius 3 is 2.14 bits per heavy atom. The number of carbonyl (C=O) groups is 1. The summed E-state index contributed by atoms with van der Waals surface area (Å²) < 4.78 is 15.9. The average Bonchev–Trinajstić information content (AvgIpc) is 3.05. The molecule has 13 nitrogen and oxygen atoms in total. The van der Waals surface area contributed by atoms with Crippen LogP contribution >= 0.6 is 0 Å². The number of methoxy groups -OCH3 is 1. The highest BCUT2D eigenvalue weighted by atomic mass is 16.5. The minimum atomic E-state index is -0.0812. The highest BCUT2D eigenvalue weighted by Gasteiger charge is 2.09. The number of nitrogens with one attached hydrogen (secondary N) is 4. The molecule has 2 aromatic heterocycles. The molecule has 0 saturated carbocycles. The summed E-state index contributed by atoms with van der Waals surface area (Å²) in [6, 6.07) is 21.0. The van der Waals surface area contributed by atoms with Gasteiger partial charge in [0.25, 0.3) is 0 Å². The summed E-state index contributed by atoms with van der Waals surface area (Å²) in [4.78, 5) is 30.3. The molecule has 4 rings (SSSR count). The maximum atomic E-state index is 12.3. The van der Waals surface area contributed by atoms with Gasteiger partial charge in [0, 0.05) is 31.5 Å². The summed E-state index contributed by atoms with van der Waals surface area (Å²) in [5.74, 6) is 1.87. The Kier molecular flexibility index (Phi) is 13.1. The molecule has 0 saturated heterocycles. The van der Waals surface area contributed by atoms with Gasteiger partial charge in [-0.1, -0.05) is 30.3 Å². The number of anilines is 4. The van der Waals surface area contributed by atoms with Gasteiger partial charge in [0.15, 0.2) is 0 Å². The van der Waals surface area contributed by atoms with Crippen molar-refractivity contribution in [2.75, 3.05) is 62.6 Å². The van der Waals surface area contributed by atoms with E-state index in [-0.39, 0.29) is 12.3 Å². The fraction of sp³-hybridized carbons (Fsp3) is 0.323. The van der Waals surface area contributed by atoms with Gasteiger partial charge in [-0.25, -0.2) is 0 Å². The smallest absolute Gasteiger partial charge is 0.233 e. The number of pyridine rings is 1. The molecule has 2 aromatic carbocycles. The van der Waals surface area contributed by atoms with Crippen LogP contribution in [0.1, 0.15) is 16.8 Å². The molecule has 13 heteroatoms. The predicted octanol–water partition coefficient (Wildman–Crippen LogP) is 2.89. The van der Waals surface area contributed by atoms with Crippen LogP contribution in [0.25, 0.3) is 0 Å². The van der Waals surface area contributed by atoms with Gasteiger partial charge in [-0.3, -0.25) is 9.78 Å². The van der Waals surface area contributed by atoms with Crippen LogP contribution in [0, 0.1) is 0 Å². The van der Waals surface area contributed by atoms with Crippen LogP contribution in [0.3, 0.4) is 0 Å². The minimum absolute atomic E-state index is 0.0812. The first-order chi connectivity index (χ1) is 21.6. The van der Waals surface area contributed by atoms with E-state index >= 15 is 0 Å². The number of amides is 1. The molecule has 0 fully saturated rings. The van der Waals surface area contributed by atoms with Crippen molar-refractivity contribution in [1.82, 2.24) is 25.3 Å². The lowest BCUT2D eigenvalue weighted by molar-refractivity contribution is -0.120. The summed E-state index contributed by atoms with van der Waals surface area (Å²) in [5.41, 5.74) is 8.91. The summed E-state index contributed by atoms with van der Waals surface area (Å²) >= 11 is 0. The van der Waals surface area contributed by atoms with Crippen LogP contribution in [0.4, 0.5) is 23.5 Å². The lowest BCUT2D eigenvalue weighted by Crippen LogP contribution is -2.29. The molecule has 0 aliphatic rings. The maximum Gasteiger partial charge on any atom is 0.233 e. The normalized spacial score (nSPS) is 10.7. The summed E-state index contributed by atoms with van der Waals surface area (Å²) in [6.45, 7) is 3.77. The summed E-state index contributed by atoms with van der Waals surface area (Å²) in [6.07, 6.45) is 2.00. The Bertz CT molecular complexity index is 1410. The van der Waals surface area contributed by atoms with Gasteiger partial charge < -0.3 is 41.2 Å². The standard InChI is InChI=1S/C31H39N9O4/c1-42-27-11-7-24(8-12-27)21-35-29-38-30(36-22-26-4-2-3-14-33-26)40-31(39-29)37-25-9-5-23(6-10-25)20-28(41)34-15-17-44-19-18-43-16-13-32/h2-12,14H,13,15-22,32H2,1H3,(H,34,41)(H3,35,36,37,38,39,40). The molecular weight excluding hydrogens is 562 g/mol. The zero-order valence-corrected chi connectivity index (χ0v) is 24.8. The number of nitrogens with two attached hydrogens (primary N) is 1. The largest absolute Gasteiger partial charge is 0.497 e. The van der Waals surface area contributed by atoms with Crippen LogP contribution in [0.2, 0.25) is 0 Å². The second kappa shape index (κ2) is 18.0. The number of hydrogen-bond acceptors (Lipinski definition) is 12. The minimum Gasteiger partial charge on any atom is -0.497 e. The van der Waals surface area contributed by atoms with Crippen molar-refractivity contribution in [1.29, 1.82) is 0 Å². The molecule has 0 aliphatic carbocycles. The van der Waals surface area contributed by atoms with Gasteiger partial charge in [-0.15, -0.1) is 0 Å². The molecule has 0 atom stereocenters. The predicted molar refractivity (Wildman–Crippen MR) is 169 cm³/mol. The maximum absolute atomic E-state index is 12.3. The van der Waals surface area contributed by atoms with Crippen molar-refractivity contribution in [2.24, 2.45) is 5.73 Å². The van der Waals surface area contributed by atoms with Crippen LogP contribution in [0.5, 0.6) is 5.75 Å². The third-order valence-corrected chi connectivity index (χ3v) is 6.18. The van der Waals surface area contributed by atoms with E-state index < -0.39 is 0 Å². The number of nitrogens with zero attached hydrogens (tertiary/aromatic N) is 4. The van der Waals surface area contributed by atoms with E-state index in [4.69, 9.17) is 19.9 Å². The van der Waals surface area contributed by atoms with E-state index in [0.717, 1.165) is 28.3 Å². The molecule has 0 aliphatic heterocycles. The molecular formula is C31H39N9O4. The quantitative estimate of drug-likeness (QED) is 0.0998. The van der Waals surface area contributed by atoms with E-state index in [1.54, 1.807) is 13.3 Å². The zero-order valence-electron chi connectivity index (χ0n) is 24.8. The lowest BCUT2D eigenvalue weighted by Gasteiger charge is -2.12. The van der Waals surface area contributed by atoms with Crippen LogP contribution in [0.15, 0.2) is 72.9 Å². The van der Waals surface area contributed by atoms with E-state index in [2.05, 4.69) is 41.2 Å². The topological polar surface area (TPSA) is 170 Å². The van der Waals surface area contributed by atoms with E-state index in [1.807, 2.05) is 66.7 Å². The fourth-order valence-electron chi connectivity index (χ4n) is 3.94. The molecule has 0 bridgehead atoms. The molecule has 2 heterocycles. The molecule has 6 N–H and O–H groups in total. The lowest BCUT2D eigenvalue weighted by atomic mass is 10.1. The van der Waals surface area contributed by atoms with Crippen LogP contribution in [-0.4, -0.2) is 72.5 Å². The Morgan fingerprint density at radius 1 is 0.773 bits per heavy atom. The molecule has 44 heavy (non-hydrogen) atoms. The first-order valence-corrected chi connectivity index (χ1v) is 14.4. The third kappa shape index (κ3) is 11.4. The van der Waals surface area contributed by atoms with E-state index in [9.17, 15) is 4.79 Å². The third-order valence-electron chi connectivity index (χ3n) is 6.18. The molecule has 1 amide bonds. The Balaban J connectivity index is 1.32. The number of aromatic nitrogens is 4. The first kappa shape index (κ1) is 32.1. The van der Waals surface area contributed by atoms with Crippen molar-refractivity contribution in [2.45, 2.75) is 19.5 Å². The van der Waals surface area contributed by atoms with E-state index in [0.29, 0.717) is 70.5 Å². The average molecular weight is 602 g/mol. The number of benzene rings is 2. The van der Waals surface area contributed by atoms with Gasteiger partial charge in [0.1, 0.15) is 5.75 Å². The highest BCUT2D eigenvalue weighted by Crippen LogP contribution is 2.18. The van der Waals surface area contributed by atoms with Crippen LogP contribution in [-0.2, 0) is 33.8 Å². The number of rotatable bonds is 19. The fourth-order valence-corrected chi connectivity index (χ4v) is 3.94. The molecule has 0 spiro atoms. The van der Waals surface area contributed by atoms with Gasteiger partial charge in [-0.2, -0.15) is 15.0 Å². The Morgan fingerprint density at radius 2 is 1.45 bits per heavy atom. The van der Waals surface area contributed by atoms with Gasteiger partial charge in [0.05, 0.1) is 52.2 Å².